The van der Waals surface area contributed by atoms with E-state index in [9.17, 15) is 9.59 Å². The van der Waals surface area contributed by atoms with Crippen molar-refractivity contribution in [2.24, 2.45) is 0 Å². The number of ketones is 2. The molecule has 0 saturated heterocycles. The van der Waals surface area contributed by atoms with Gasteiger partial charge in [-0.25, -0.2) is 0 Å². The Labute approximate surface area is 147 Å². The summed E-state index contributed by atoms with van der Waals surface area (Å²) >= 11 is 0. The van der Waals surface area contributed by atoms with E-state index in [0.29, 0.717) is 17.5 Å². The highest BCUT2D eigenvalue weighted by atomic mass is 16.1. The van der Waals surface area contributed by atoms with E-state index in [2.05, 4.69) is 4.98 Å². The number of carbonyl (C=O) groups is 2. The summed E-state index contributed by atoms with van der Waals surface area (Å²) in [5, 5.41) is 0. The highest BCUT2D eigenvalue weighted by Crippen LogP contribution is 2.23. The van der Waals surface area contributed by atoms with Gasteiger partial charge in [0.25, 0.3) is 0 Å². The van der Waals surface area contributed by atoms with Gasteiger partial charge in [-0.05, 0) is 31.5 Å². The summed E-state index contributed by atoms with van der Waals surface area (Å²) in [6.45, 7) is 3.52. The van der Waals surface area contributed by atoms with Crippen LogP contribution in [0.15, 0.2) is 66.9 Å². The summed E-state index contributed by atoms with van der Waals surface area (Å²) in [4.78, 5) is 28.4. The van der Waals surface area contributed by atoms with E-state index in [1.54, 1.807) is 12.3 Å². The van der Waals surface area contributed by atoms with E-state index < -0.39 is 0 Å². The SMILES string of the molecule is CC(=O)c1ccc(-c2ccccc2CC(=O)c2ccc(C)cc2)nc1. The third-order valence-electron chi connectivity index (χ3n) is 4.19. The molecule has 124 valence electrons. The average molecular weight is 329 g/mol. The van der Waals surface area contributed by atoms with Crippen LogP contribution in [0.1, 0.15) is 38.8 Å². The van der Waals surface area contributed by atoms with Gasteiger partial charge in [-0.1, -0.05) is 54.1 Å². The van der Waals surface area contributed by atoms with E-state index in [4.69, 9.17) is 0 Å². The zero-order valence-corrected chi connectivity index (χ0v) is 14.3. The first-order chi connectivity index (χ1) is 12.0. The number of rotatable bonds is 5. The van der Waals surface area contributed by atoms with Crippen molar-refractivity contribution in [3.8, 4) is 11.3 Å². The molecule has 25 heavy (non-hydrogen) atoms. The van der Waals surface area contributed by atoms with Crippen LogP contribution >= 0.6 is 0 Å². The normalized spacial score (nSPS) is 10.5. The molecule has 0 spiro atoms. The van der Waals surface area contributed by atoms with Crippen LogP contribution in [0.3, 0.4) is 0 Å². The maximum Gasteiger partial charge on any atom is 0.167 e. The lowest BCUT2D eigenvalue weighted by Crippen LogP contribution is -2.05. The number of nitrogens with zero attached hydrogens (tertiary/aromatic N) is 1. The van der Waals surface area contributed by atoms with E-state index >= 15 is 0 Å². The van der Waals surface area contributed by atoms with Crippen LogP contribution in [0.4, 0.5) is 0 Å². The number of pyridine rings is 1. The van der Waals surface area contributed by atoms with Gasteiger partial charge in [0.1, 0.15) is 0 Å². The van der Waals surface area contributed by atoms with E-state index in [1.165, 1.54) is 6.92 Å². The number of hydrogen-bond donors (Lipinski definition) is 0. The molecule has 3 rings (SSSR count). The van der Waals surface area contributed by atoms with Gasteiger partial charge in [0.05, 0.1) is 5.69 Å². The first kappa shape index (κ1) is 16.8. The molecule has 2 aromatic carbocycles. The van der Waals surface area contributed by atoms with Crippen LogP contribution in [0.25, 0.3) is 11.3 Å². The molecule has 0 amide bonds. The Bertz CT molecular complexity index is 910. The lowest BCUT2D eigenvalue weighted by atomic mass is 9.96. The Morgan fingerprint density at radius 1 is 0.880 bits per heavy atom. The maximum atomic E-state index is 12.6. The molecule has 0 N–H and O–H groups in total. The summed E-state index contributed by atoms with van der Waals surface area (Å²) < 4.78 is 0. The minimum Gasteiger partial charge on any atom is -0.294 e. The summed E-state index contributed by atoms with van der Waals surface area (Å²) in [7, 11) is 0. The van der Waals surface area contributed by atoms with Crippen molar-refractivity contribution in [1.29, 1.82) is 0 Å². The van der Waals surface area contributed by atoms with Gasteiger partial charge in [-0.2, -0.15) is 0 Å². The number of hydrogen-bond acceptors (Lipinski definition) is 3. The standard InChI is InChI=1S/C22H19NO2/c1-15-7-9-17(10-8-15)22(25)13-18-5-3-4-6-20(18)21-12-11-19(14-23-21)16(2)24/h3-12,14H,13H2,1-2H3. The number of carbonyl (C=O) groups excluding carboxylic acids is 2. The zero-order valence-electron chi connectivity index (χ0n) is 14.3. The molecule has 0 atom stereocenters. The van der Waals surface area contributed by atoms with Crippen molar-refractivity contribution in [2.45, 2.75) is 20.3 Å². The van der Waals surface area contributed by atoms with Crippen LogP contribution in [0.2, 0.25) is 0 Å². The van der Waals surface area contributed by atoms with Gasteiger partial charge in [-0.15, -0.1) is 0 Å². The molecule has 0 aliphatic carbocycles. The van der Waals surface area contributed by atoms with Crippen molar-refractivity contribution in [3.05, 3.63) is 89.1 Å². The minimum atomic E-state index is -0.0121. The highest BCUT2D eigenvalue weighted by Gasteiger charge is 2.12. The fraction of sp³-hybridized carbons (Fsp3) is 0.136. The minimum absolute atomic E-state index is 0.0121. The summed E-state index contributed by atoms with van der Waals surface area (Å²) in [5.41, 5.74) is 5.02. The topological polar surface area (TPSA) is 47.0 Å². The van der Waals surface area contributed by atoms with E-state index in [1.807, 2.05) is 61.5 Å². The largest absolute Gasteiger partial charge is 0.294 e. The van der Waals surface area contributed by atoms with Gasteiger partial charge < -0.3 is 0 Å². The summed E-state index contributed by atoms with van der Waals surface area (Å²) in [5.74, 6) is 0.0645. The first-order valence-corrected chi connectivity index (χ1v) is 8.20. The Kier molecular flexibility index (Phi) is 4.85. The summed E-state index contributed by atoms with van der Waals surface area (Å²) in [6, 6.07) is 19.0. The lowest BCUT2D eigenvalue weighted by Gasteiger charge is -2.09. The molecule has 0 unspecified atom stereocenters. The predicted molar refractivity (Wildman–Crippen MR) is 98.9 cm³/mol. The third-order valence-corrected chi connectivity index (χ3v) is 4.19. The van der Waals surface area contributed by atoms with Crippen LogP contribution in [0.5, 0.6) is 0 Å². The van der Waals surface area contributed by atoms with E-state index in [-0.39, 0.29) is 11.6 Å². The molecule has 3 nitrogen and oxygen atoms in total. The molecule has 1 heterocycles. The van der Waals surface area contributed by atoms with Crippen molar-refractivity contribution >= 4 is 11.6 Å². The number of aryl methyl sites for hydroxylation is 1. The second kappa shape index (κ2) is 7.22. The monoisotopic (exact) mass is 329 g/mol. The Morgan fingerprint density at radius 2 is 1.56 bits per heavy atom. The van der Waals surface area contributed by atoms with E-state index in [0.717, 1.165) is 22.4 Å². The van der Waals surface area contributed by atoms with Crippen LogP contribution < -0.4 is 0 Å². The van der Waals surface area contributed by atoms with Crippen LogP contribution in [-0.4, -0.2) is 16.6 Å². The molecule has 0 bridgehead atoms. The van der Waals surface area contributed by atoms with Gasteiger partial charge >= 0.3 is 0 Å². The molecule has 3 aromatic rings. The lowest BCUT2D eigenvalue weighted by molar-refractivity contribution is 0.0990. The molecule has 0 saturated carbocycles. The van der Waals surface area contributed by atoms with Crippen molar-refractivity contribution in [3.63, 3.8) is 0 Å². The molecule has 3 heteroatoms. The van der Waals surface area contributed by atoms with Gasteiger partial charge in [0, 0.05) is 29.3 Å². The smallest absolute Gasteiger partial charge is 0.167 e. The van der Waals surface area contributed by atoms with Gasteiger partial charge in [0.15, 0.2) is 11.6 Å². The molecule has 0 aliphatic heterocycles. The third kappa shape index (κ3) is 3.89. The molecule has 0 radical (unpaired) electrons. The van der Waals surface area contributed by atoms with Crippen molar-refractivity contribution < 1.29 is 9.59 Å². The Balaban J connectivity index is 1.89. The summed E-state index contributed by atoms with van der Waals surface area (Å²) in [6.07, 6.45) is 1.89. The van der Waals surface area contributed by atoms with Crippen molar-refractivity contribution in [1.82, 2.24) is 4.98 Å². The highest BCUT2D eigenvalue weighted by molar-refractivity contribution is 5.98. The molecule has 0 aliphatic rings. The molecule has 0 fully saturated rings. The zero-order chi connectivity index (χ0) is 17.8. The second-order valence-corrected chi connectivity index (χ2v) is 6.11. The molecular weight excluding hydrogens is 310 g/mol. The molecular formula is C22H19NO2. The van der Waals surface area contributed by atoms with Crippen LogP contribution in [0, 0.1) is 6.92 Å². The molecule has 1 aromatic heterocycles. The predicted octanol–water partition coefficient (Wildman–Crippen LogP) is 4.69. The van der Waals surface area contributed by atoms with Gasteiger partial charge in [-0.3, -0.25) is 14.6 Å². The van der Waals surface area contributed by atoms with Crippen molar-refractivity contribution in [2.75, 3.05) is 0 Å². The maximum absolute atomic E-state index is 12.6. The number of aromatic nitrogens is 1. The first-order valence-electron chi connectivity index (χ1n) is 8.20. The second-order valence-electron chi connectivity index (χ2n) is 6.11. The Hall–Kier alpha value is -3.07. The Morgan fingerprint density at radius 3 is 2.20 bits per heavy atom. The fourth-order valence-corrected chi connectivity index (χ4v) is 2.70. The quantitative estimate of drug-likeness (QED) is 0.638. The fourth-order valence-electron chi connectivity index (χ4n) is 2.70. The number of benzene rings is 2. The van der Waals surface area contributed by atoms with Crippen LogP contribution in [-0.2, 0) is 6.42 Å². The average Bonchev–Trinajstić information content (AvgIpc) is 2.63. The van der Waals surface area contributed by atoms with Gasteiger partial charge in [0.2, 0.25) is 0 Å². The number of Topliss-reactive ketones (excluding diaryl/α,β-unsaturated/α-hetero) is 2.